The molecule has 29 heavy (non-hydrogen) atoms. The van der Waals surface area contributed by atoms with E-state index in [1.165, 1.54) is 6.26 Å². The van der Waals surface area contributed by atoms with E-state index in [9.17, 15) is 13.2 Å². The lowest BCUT2D eigenvalue weighted by molar-refractivity contribution is -0.119. The van der Waals surface area contributed by atoms with Crippen LogP contribution in [0.4, 0.5) is 5.69 Å². The van der Waals surface area contributed by atoms with Crippen molar-refractivity contribution in [2.24, 2.45) is 0 Å². The highest BCUT2D eigenvalue weighted by atomic mass is 32.2. The summed E-state index contributed by atoms with van der Waals surface area (Å²) in [4.78, 5) is 18.5. The van der Waals surface area contributed by atoms with E-state index in [0.29, 0.717) is 16.7 Å². The van der Waals surface area contributed by atoms with Crippen LogP contribution in [0.3, 0.4) is 0 Å². The zero-order chi connectivity index (χ0) is 21.2. The number of carbonyl (C=O) groups is 1. The van der Waals surface area contributed by atoms with Crippen LogP contribution in [0.2, 0.25) is 0 Å². The molecule has 1 aliphatic rings. The van der Waals surface area contributed by atoms with E-state index >= 15 is 0 Å². The number of hydrogen-bond donors (Lipinski definition) is 0. The Hall–Kier alpha value is -1.83. The van der Waals surface area contributed by atoms with Crippen molar-refractivity contribution in [3.05, 3.63) is 54.1 Å². The van der Waals surface area contributed by atoms with Crippen LogP contribution in [0.1, 0.15) is 31.9 Å². The molecule has 3 rings (SSSR count). The maximum atomic E-state index is 13.1. The van der Waals surface area contributed by atoms with Gasteiger partial charge >= 0.3 is 0 Å². The normalized spacial score (nSPS) is 18.2. The van der Waals surface area contributed by atoms with Crippen LogP contribution in [0.25, 0.3) is 0 Å². The molecule has 7 heteroatoms. The molecule has 2 unspecified atom stereocenters. The Balaban J connectivity index is 1.73. The van der Waals surface area contributed by atoms with Crippen LogP contribution in [0.15, 0.2) is 58.3 Å². The van der Waals surface area contributed by atoms with Crippen molar-refractivity contribution < 1.29 is 13.2 Å². The van der Waals surface area contributed by atoms with Gasteiger partial charge in [-0.1, -0.05) is 31.2 Å². The van der Waals surface area contributed by atoms with E-state index in [1.54, 1.807) is 12.1 Å². The van der Waals surface area contributed by atoms with Gasteiger partial charge in [-0.2, -0.15) is 0 Å². The second-order valence-corrected chi connectivity index (χ2v) is 11.2. The highest BCUT2D eigenvalue weighted by Crippen LogP contribution is 2.37. The number of para-hydroxylation sites is 1. The van der Waals surface area contributed by atoms with Crippen molar-refractivity contribution in [1.29, 1.82) is 0 Å². The second kappa shape index (κ2) is 8.90. The van der Waals surface area contributed by atoms with Crippen molar-refractivity contribution in [3.63, 3.8) is 0 Å². The molecule has 2 atom stereocenters. The monoisotopic (exact) mass is 432 g/mol. The van der Waals surface area contributed by atoms with Crippen LogP contribution in [-0.2, 0) is 14.6 Å². The summed E-state index contributed by atoms with van der Waals surface area (Å²) in [6, 6.07) is 15.0. The molecule has 5 nitrogen and oxygen atoms in total. The van der Waals surface area contributed by atoms with Gasteiger partial charge in [0.05, 0.1) is 17.1 Å². The summed E-state index contributed by atoms with van der Waals surface area (Å²) in [6.45, 7) is 5.23. The van der Waals surface area contributed by atoms with Gasteiger partial charge in [-0.3, -0.25) is 9.69 Å². The van der Waals surface area contributed by atoms with Gasteiger partial charge in [-0.25, -0.2) is 8.42 Å². The molecule has 1 heterocycles. The lowest BCUT2D eigenvalue weighted by Crippen LogP contribution is -2.40. The van der Waals surface area contributed by atoms with Gasteiger partial charge in [0.25, 0.3) is 0 Å². The van der Waals surface area contributed by atoms with E-state index in [2.05, 4.69) is 13.0 Å². The van der Waals surface area contributed by atoms with Gasteiger partial charge in [-0.05, 0) is 50.2 Å². The minimum absolute atomic E-state index is 0.0110. The van der Waals surface area contributed by atoms with Gasteiger partial charge in [0.2, 0.25) is 5.91 Å². The fourth-order valence-electron chi connectivity index (χ4n) is 3.43. The third-order valence-corrected chi connectivity index (χ3v) is 7.75. The van der Waals surface area contributed by atoms with Crippen LogP contribution in [-0.4, -0.2) is 50.9 Å². The molecule has 0 aliphatic carbocycles. The minimum atomic E-state index is -3.21. The summed E-state index contributed by atoms with van der Waals surface area (Å²) in [5.74, 6) is 0.0780. The Labute approximate surface area is 178 Å². The van der Waals surface area contributed by atoms with Gasteiger partial charge in [0, 0.05) is 29.0 Å². The molecule has 1 aliphatic heterocycles. The topological polar surface area (TPSA) is 57.7 Å². The Morgan fingerprint density at radius 3 is 2.52 bits per heavy atom. The SMILES string of the molecule is CC1CCN(C(=O)CN(C)C(C)c2ccc(S(C)(=O)=O)cc2)c2ccccc2S1. The molecule has 156 valence electrons. The van der Waals surface area contributed by atoms with E-state index in [0.717, 1.165) is 29.1 Å². The zero-order valence-electron chi connectivity index (χ0n) is 17.3. The Kier molecular flexibility index (Phi) is 6.71. The molecule has 0 saturated carbocycles. The first-order valence-electron chi connectivity index (χ1n) is 9.73. The molecule has 0 saturated heterocycles. The Morgan fingerprint density at radius 2 is 1.86 bits per heavy atom. The summed E-state index contributed by atoms with van der Waals surface area (Å²) in [5, 5.41) is 0.471. The molecular weight excluding hydrogens is 404 g/mol. The van der Waals surface area contributed by atoms with Crippen molar-refractivity contribution in [2.45, 2.75) is 41.4 Å². The van der Waals surface area contributed by atoms with E-state index in [4.69, 9.17) is 0 Å². The van der Waals surface area contributed by atoms with Crippen LogP contribution >= 0.6 is 11.8 Å². The van der Waals surface area contributed by atoms with Crippen LogP contribution < -0.4 is 4.90 Å². The molecule has 0 bridgehead atoms. The maximum Gasteiger partial charge on any atom is 0.241 e. The lowest BCUT2D eigenvalue weighted by atomic mass is 10.1. The number of sulfone groups is 1. The number of benzene rings is 2. The molecule has 0 N–H and O–H groups in total. The van der Waals surface area contributed by atoms with Gasteiger partial charge in [-0.15, -0.1) is 11.8 Å². The van der Waals surface area contributed by atoms with Crippen molar-refractivity contribution in [3.8, 4) is 0 Å². The number of amides is 1. The van der Waals surface area contributed by atoms with E-state index in [-0.39, 0.29) is 11.9 Å². The number of rotatable bonds is 5. The fraction of sp³-hybridized carbons (Fsp3) is 0.409. The number of anilines is 1. The van der Waals surface area contributed by atoms with Crippen molar-refractivity contribution in [1.82, 2.24) is 4.90 Å². The zero-order valence-corrected chi connectivity index (χ0v) is 19.0. The predicted octanol–water partition coefficient (Wildman–Crippen LogP) is 4.00. The number of nitrogens with zero attached hydrogens (tertiary/aromatic N) is 2. The molecule has 1 amide bonds. The average Bonchev–Trinajstić information content (AvgIpc) is 2.85. The molecule has 0 fully saturated rings. The maximum absolute atomic E-state index is 13.1. The quantitative estimate of drug-likeness (QED) is 0.715. The third-order valence-electron chi connectivity index (χ3n) is 5.38. The largest absolute Gasteiger partial charge is 0.310 e. The number of thioether (sulfide) groups is 1. The fourth-order valence-corrected chi connectivity index (χ4v) is 5.17. The molecule has 2 aromatic rings. The summed E-state index contributed by atoms with van der Waals surface area (Å²) in [7, 11) is -1.29. The van der Waals surface area contributed by atoms with E-state index in [1.807, 2.05) is 65.9 Å². The summed E-state index contributed by atoms with van der Waals surface area (Å²) in [5.41, 5.74) is 1.97. The first kappa shape index (κ1) is 21.9. The van der Waals surface area contributed by atoms with Gasteiger partial charge < -0.3 is 4.90 Å². The molecule has 0 spiro atoms. The number of carbonyl (C=O) groups excluding carboxylic acids is 1. The van der Waals surface area contributed by atoms with Crippen molar-refractivity contribution in [2.75, 3.05) is 31.3 Å². The molecule has 0 aromatic heterocycles. The van der Waals surface area contributed by atoms with Crippen LogP contribution in [0.5, 0.6) is 0 Å². The molecule has 2 aromatic carbocycles. The number of fused-ring (bicyclic) bond motifs is 1. The smallest absolute Gasteiger partial charge is 0.241 e. The summed E-state index contributed by atoms with van der Waals surface area (Å²) < 4.78 is 23.3. The van der Waals surface area contributed by atoms with Crippen molar-refractivity contribution >= 4 is 33.2 Å². The third kappa shape index (κ3) is 5.21. The first-order valence-corrected chi connectivity index (χ1v) is 12.5. The highest BCUT2D eigenvalue weighted by Gasteiger charge is 2.26. The van der Waals surface area contributed by atoms with E-state index < -0.39 is 9.84 Å². The second-order valence-electron chi connectivity index (χ2n) is 7.66. The average molecular weight is 433 g/mol. The Bertz CT molecular complexity index is 974. The predicted molar refractivity (Wildman–Crippen MR) is 119 cm³/mol. The Morgan fingerprint density at radius 1 is 1.21 bits per heavy atom. The van der Waals surface area contributed by atoms with Gasteiger partial charge in [0.1, 0.15) is 0 Å². The first-order chi connectivity index (χ1) is 13.7. The minimum Gasteiger partial charge on any atom is -0.310 e. The highest BCUT2D eigenvalue weighted by molar-refractivity contribution is 8.00. The lowest BCUT2D eigenvalue weighted by Gasteiger charge is -2.29. The molecule has 0 radical (unpaired) electrons. The standard InChI is InChI=1S/C22H28N2O3S2/c1-16-13-14-24(20-7-5-6-8-21(20)28-16)22(25)15-23(3)17(2)18-9-11-19(12-10-18)29(4,26)27/h5-12,16-17H,13-15H2,1-4H3. The van der Waals surface area contributed by atoms with Gasteiger partial charge in [0.15, 0.2) is 9.84 Å². The summed E-state index contributed by atoms with van der Waals surface area (Å²) in [6.07, 6.45) is 2.16. The number of hydrogen-bond acceptors (Lipinski definition) is 5. The number of likely N-dealkylation sites (N-methyl/N-ethyl adjacent to an activating group) is 1. The summed E-state index contributed by atoms with van der Waals surface area (Å²) >= 11 is 1.82. The molecular formula is C22H28N2O3S2. The van der Waals surface area contributed by atoms with Crippen LogP contribution in [0, 0.1) is 0 Å².